The zero-order chi connectivity index (χ0) is 50.6. The number of aliphatic hydroxyl groups excluding tert-OH is 1. The molecule has 0 bridgehead atoms. The van der Waals surface area contributed by atoms with Crippen molar-refractivity contribution < 1.29 is 24.2 Å². The third-order valence-corrected chi connectivity index (χ3v) is 12.9. The van der Waals surface area contributed by atoms with Crippen molar-refractivity contribution in [1.29, 1.82) is 0 Å². The second-order valence-corrected chi connectivity index (χ2v) is 19.7. The molecule has 0 aliphatic heterocycles. The molecule has 0 fully saturated rings. The van der Waals surface area contributed by atoms with Crippen molar-refractivity contribution in [3.63, 3.8) is 0 Å². The van der Waals surface area contributed by atoms with Gasteiger partial charge in [0.1, 0.15) is 6.61 Å². The van der Waals surface area contributed by atoms with Gasteiger partial charge in [-0.1, -0.05) is 272 Å². The first-order valence-corrected chi connectivity index (χ1v) is 29.8. The van der Waals surface area contributed by atoms with E-state index in [1.54, 1.807) is 0 Å². The molecule has 1 atom stereocenters. The van der Waals surface area contributed by atoms with Crippen LogP contribution in [0.3, 0.4) is 0 Å². The molecule has 0 saturated heterocycles. The van der Waals surface area contributed by atoms with Crippen LogP contribution in [0.15, 0.2) is 97.2 Å². The molecule has 0 radical (unpaired) electrons. The highest BCUT2D eigenvalue weighted by Gasteiger charge is 2.16. The highest BCUT2D eigenvalue weighted by Crippen LogP contribution is 2.16. The number of allylic oxidation sites excluding steroid dienone is 16. The number of carbonyl (C=O) groups excluding carboxylic acids is 2. The van der Waals surface area contributed by atoms with E-state index in [2.05, 4.69) is 111 Å². The van der Waals surface area contributed by atoms with Crippen molar-refractivity contribution in [3.8, 4) is 0 Å². The molecule has 1 N–H and O–H groups in total. The van der Waals surface area contributed by atoms with Gasteiger partial charge >= 0.3 is 11.9 Å². The standard InChI is InChI=1S/C65H112O5/c1-3-5-7-9-11-13-15-17-19-21-23-25-27-28-29-30-31-32-33-34-35-36-38-40-42-44-46-48-50-52-54-56-58-60-65(68)70-63(61-66)62-69-64(67)59-57-55-53-51-49-47-45-43-41-39-37-26-24-22-20-18-16-14-12-10-8-6-4-2/h5,7,11,13,16-19,22-25,28-29,37,39,63,66H,3-4,6,8-10,12,14-15,20-21,26-27,30-36,38,40-62H2,1-2H3/b7-5-,13-11-,18-16-,19-17-,24-22-,25-23-,29-28-,39-37-. The van der Waals surface area contributed by atoms with Crippen LogP contribution in [0, 0.1) is 0 Å². The van der Waals surface area contributed by atoms with E-state index >= 15 is 0 Å². The molecular formula is C65H112O5. The van der Waals surface area contributed by atoms with Gasteiger partial charge in [0.05, 0.1) is 6.61 Å². The van der Waals surface area contributed by atoms with Crippen molar-refractivity contribution in [2.24, 2.45) is 0 Å². The van der Waals surface area contributed by atoms with Crippen LogP contribution >= 0.6 is 0 Å². The Hall–Kier alpha value is -3.18. The number of esters is 2. The van der Waals surface area contributed by atoms with Crippen LogP contribution < -0.4 is 0 Å². The molecule has 0 saturated carbocycles. The zero-order valence-corrected chi connectivity index (χ0v) is 46.0. The van der Waals surface area contributed by atoms with Crippen molar-refractivity contribution in [3.05, 3.63) is 97.2 Å². The van der Waals surface area contributed by atoms with E-state index in [1.165, 1.54) is 173 Å². The van der Waals surface area contributed by atoms with Crippen molar-refractivity contribution in [1.82, 2.24) is 0 Å². The van der Waals surface area contributed by atoms with Gasteiger partial charge in [-0.3, -0.25) is 9.59 Å². The fraction of sp³-hybridized carbons (Fsp3) is 0.723. The normalized spacial score (nSPS) is 12.9. The van der Waals surface area contributed by atoms with Gasteiger partial charge in [-0.2, -0.15) is 0 Å². The highest BCUT2D eigenvalue weighted by molar-refractivity contribution is 5.70. The fourth-order valence-corrected chi connectivity index (χ4v) is 8.41. The maximum atomic E-state index is 12.3. The minimum Gasteiger partial charge on any atom is -0.462 e. The molecule has 0 aliphatic carbocycles. The SMILES string of the molecule is CC/C=C\C/C=C\C/C=C\C/C=C\C/C=C\CCCCCCCCCCCCCCCCCCCC(=O)OC(CO)COC(=O)CCCCCCCCCC/C=C\C/C=C\C/C=C\CCCCCCC. The van der Waals surface area contributed by atoms with Crippen LogP contribution in [0.25, 0.3) is 0 Å². The molecule has 0 spiro atoms. The van der Waals surface area contributed by atoms with Crippen LogP contribution in [0.5, 0.6) is 0 Å². The van der Waals surface area contributed by atoms with Gasteiger partial charge in [0.25, 0.3) is 0 Å². The number of ether oxygens (including phenoxy) is 2. The molecule has 70 heavy (non-hydrogen) atoms. The van der Waals surface area contributed by atoms with Crippen LogP contribution in [0.1, 0.15) is 284 Å². The first kappa shape index (κ1) is 66.8. The fourth-order valence-electron chi connectivity index (χ4n) is 8.41. The molecule has 0 aliphatic rings. The lowest BCUT2D eigenvalue weighted by Gasteiger charge is -2.15. The molecule has 0 aromatic carbocycles. The minimum atomic E-state index is -0.780. The summed E-state index contributed by atoms with van der Waals surface area (Å²) >= 11 is 0. The van der Waals surface area contributed by atoms with E-state index in [-0.39, 0.29) is 25.2 Å². The number of rotatable bonds is 54. The van der Waals surface area contributed by atoms with Crippen molar-refractivity contribution >= 4 is 11.9 Å². The summed E-state index contributed by atoms with van der Waals surface area (Å²) in [6.07, 6.45) is 85.3. The van der Waals surface area contributed by atoms with Crippen molar-refractivity contribution in [2.75, 3.05) is 13.2 Å². The second kappa shape index (κ2) is 60.1. The van der Waals surface area contributed by atoms with Crippen LogP contribution in [-0.2, 0) is 19.1 Å². The van der Waals surface area contributed by atoms with Gasteiger partial charge in [-0.25, -0.2) is 0 Å². The Morgan fingerprint density at radius 3 is 0.929 bits per heavy atom. The Morgan fingerprint density at radius 2 is 0.614 bits per heavy atom. The van der Waals surface area contributed by atoms with Gasteiger partial charge in [0, 0.05) is 12.8 Å². The molecule has 0 amide bonds. The van der Waals surface area contributed by atoms with E-state index in [0.717, 1.165) is 83.5 Å². The van der Waals surface area contributed by atoms with E-state index < -0.39 is 6.10 Å². The number of hydrogen-bond acceptors (Lipinski definition) is 5. The summed E-state index contributed by atoms with van der Waals surface area (Å²) in [4.78, 5) is 24.6. The molecule has 5 heteroatoms. The zero-order valence-electron chi connectivity index (χ0n) is 46.0. The van der Waals surface area contributed by atoms with Gasteiger partial charge in [-0.05, 0) is 96.3 Å². The number of unbranched alkanes of at least 4 members (excludes halogenated alkanes) is 30. The Balaban J connectivity index is 3.49. The van der Waals surface area contributed by atoms with E-state index in [0.29, 0.717) is 12.8 Å². The lowest BCUT2D eigenvalue weighted by molar-refractivity contribution is -0.161. The van der Waals surface area contributed by atoms with E-state index in [9.17, 15) is 14.7 Å². The lowest BCUT2D eigenvalue weighted by atomic mass is 10.0. The third kappa shape index (κ3) is 57.4. The number of hydrogen-bond donors (Lipinski definition) is 1. The maximum Gasteiger partial charge on any atom is 0.306 e. The number of carbonyl (C=O) groups is 2. The first-order chi connectivity index (χ1) is 34.6. The molecule has 402 valence electrons. The maximum absolute atomic E-state index is 12.3. The predicted octanol–water partition coefficient (Wildman–Crippen LogP) is 20.3. The Bertz CT molecular complexity index is 1330. The topological polar surface area (TPSA) is 72.8 Å². The van der Waals surface area contributed by atoms with Crippen LogP contribution in [0.4, 0.5) is 0 Å². The van der Waals surface area contributed by atoms with E-state index in [4.69, 9.17) is 9.47 Å². The van der Waals surface area contributed by atoms with Gasteiger partial charge in [0.15, 0.2) is 6.10 Å². The summed E-state index contributed by atoms with van der Waals surface area (Å²) in [5.74, 6) is -0.593. The summed E-state index contributed by atoms with van der Waals surface area (Å²) in [5.41, 5.74) is 0. The Kier molecular flexibility index (Phi) is 57.4. The van der Waals surface area contributed by atoms with E-state index in [1.807, 2.05) is 0 Å². The third-order valence-electron chi connectivity index (χ3n) is 12.9. The predicted molar refractivity (Wildman–Crippen MR) is 306 cm³/mol. The van der Waals surface area contributed by atoms with Crippen LogP contribution in [-0.4, -0.2) is 36.4 Å². The summed E-state index contributed by atoms with van der Waals surface area (Å²) < 4.78 is 10.7. The molecule has 1 unspecified atom stereocenters. The molecule has 5 nitrogen and oxygen atoms in total. The number of aliphatic hydroxyl groups is 1. The quantitative estimate of drug-likeness (QED) is 0.0373. The monoisotopic (exact) mass is 973 g/mol. The summed E-state index contributed by atoms with van der Waals surface area (Å²) in [6, 6.07) is 0. The minimum absolute atomic E-state index is 0.0716. The lowest BCUT2D eigenvalue weighted by Crippen LogP contribution is -2.28. The summed E-state index contributed by atoms with van der Waals surface area (Å²) in [5, 5.41) is 9.67. The molecule has 0 aromatic heterocycles. The Labute approximate surface area is 434 Å². The molecule has 0 rings (SSSR count). The summed E-state index contributed by atoms with van der Waals surface area (Å²) in [7, 11) is 0. The van der Waals surface area contributed by atoms with Gasteiger partial charge in [-0.15, -0.1) is 0 Å². The first-order valence-electron chi connectivity index (χ1n) is 29.8. The average molecular weight is 974 g/mol. The van der Waals surface area contributed by atoms with Crippen molar-refractivity contribution in [2.45, 2.75) is 290 Å². The summed E-state index contributed by atoms with van der Waals surface area (Å²) in [6.45, 7) is 4.03. The second-order valence-electron chi connectivity index (χ2n) is 19.7. The average Bonchev–Trinajstić information content (AvgIpc) is 3.36. The van der Waals surface area contributed by atoms with Gasteiger partial charge < -0.3 is 14.6 Å². The molecular weight excluding hydrogens is 861 g/mol. The largest absolute Gasteiger partial charge is 0.462 e. The highest BCUT2D eigenvalue weighted by atomic mass is 16.6. The van der Waals surface area contributed by atoms with Gasteiger partial charge in [0.2, 0.25) is 0 Å². The molecule has 0 heterocycles. The molecule has 0 aromatic rings. The Morgan fingerprint density at radius 1 is 0.343 bits per heavy atom. The van der Waals surface area contributed by atoms with Crippen LogP contribution in [0.2, 0.25) is 0 Å². The smallest absolute Gasteiger partial charge is 0.306 e.